The maximum Gasteiger partial charge on any atom is 0.416 e. The largest absolute Gasteiger partial charge is 0.416 e. The highest BCUT2D eigenvalue weighted by molar-refractivity contribution is 5.24. The van der Waals surface area contributed by atoms with Gasteiger partial charge in [-0.25, -0.2) is 0 Å². The summed E-state index contributed by atoms with van der Waals surface area (Å²) in [7, 11) is 0. The van der Waals surface area contributed by atoms with Gasteiger partial charge in [0.25, 0.3) is 5.97 Å². The SMILES string of the molecule is CCCCCCCCC(CCCCCc1ccc(C(F)(F)F)cc1)C(OC(C)C)(OC(C)C)OC(C)C. The van der Waals surface area contributed by atoms with Crippen LogP contribution in [0.4, 0.5) is 13.2 Å². The summed E-state index contributed by atoms with van der Waals surface area (Å²) in [6, 6.07) is 5.54. The van der Waals surface area contributed by atoms with E-state index in [0.717, 1.165) is 50.5 Å². The molecule has 0 aliphatic heterocycles. The Kier molecular flexibility index (Phi) is 16.0. The predicted molar refractivity (Wildman–Crippen MR) is 146 cm³/mol. The van der Waals surface area contributed by atoms with E-state index in [1.54, 1.807) is 12.1 Å². The van der Waals surface area contributed by atoms with Gasteiger partial charge < -0.3 is 14.2 Å². The van der Waals surface area contributed by atoms with Crippen LogP contribution in [0.15, 0.2) is 24.3 Å². The van der Waals surface area contributed by atoms with Gasteiger partial charge in [-0.3, -0.25) is 0 Å². The van der Waals surface area contributed by atoms with Crippen LogP contribution in [0.25, 0.3) is 0 Å². The minimum absolute atomic E-state index is 0.0378. The minimum Gasteiger partial charge on any atom is -0.324 e. The van der Waals surface area contributed by atoms with Gasteiger partial charge in [0.05, 0.1) is 23.9 Å². The summed E-state index contributed by atoms with van der Waals surface area (Å²) in [5, 5.41) is 0. The fourth-order valence-corrected chi connectivity index (χ4v) is 4.78. The lowest BCUT2D eigenvalue weighted by atomic mass is 9.91. The second-order valence-corrected chi connectivity index (χ2v) is 11.2. The first-order valence-corrected chi connectivity index (χ1v) is 14.6. The van der Waals surface area contributed by atoms with E-state index in [1.807, 2.05) is 41.5 Å². The Morgan fingerprint density at radius 1 is 0.622 bits per heavy atom. The fraction of sp³-hybridized carbons (Fsp3) is 0.806. The minimum atomic E-state index is -4.29. The summed E-state index contributed by atoms with van der Waals surface area (Å²) in [4.78, 5) is 0. The van der Waals surface area contributed by atoms with Gasteiger partial charge in [-0.1, -0.05) is 70.4 Å². The van der Waals surface area contributed by atoms with Gasteiger partial charge in [-0.2, -0.15) is 13.2 Å². The van der Waals surface area contributed by atoms with Gasteiger partial charge in [0.15, 0.2) is 0 Å². The van der Waals surface area contributed by atoms with E-state index in [1.165, 1.54) is 44.2 Å². The third-order valence-electron chi connectivity index (χ3n) is 6.41. The molecule has 1 rings (SSSR count). The Morgan fingerprint density at radius 3 is 1.49 bits per heavy atom. The van der Waals surface area contributed by atoms with Gasteiger partial charge in [-0.05, 0) is 84.9 Å². The van der Waals surface area contributed by atoms with Crippen molar-refractivity contribution >= 4 is 0 Å². The molecule has 0 radical (unpaired) electrons. The van der Waals surface area contributed by atoms with Gasteiger partial charge in [0, 0.05) is 5.92 Å². The monoisotopic (exact) mass is 530 g/mol. The number of rotatable bonds is 20. The summed E-state index contributed by atoms with van der Waals surface area (Å²) in [6.45, 7) is 14.4. The Bertz CT molecular complexity index is 672. The molecule has 0 bridgehead atoms. The van der Waals surface area contributed by atoms with Gasteiger partial charge in [0.1, 0.15) is 0 Å². The summed E-state index contributed by atoms with van der Waals surface area (Å²) < 4.78 is 57.8. The molecule has 1 unspecified atom stereocenters. The van der Waals surface area contributed by atoms with Gasteiger partial charge >= 0.3 is 6.18 Å². The molecule has 3 nitrogen and oxygen atoms in total. The first-order chi connectivity index (χ1) is 17.4. The number of alkyl halides is 3. The Morgan fingerprint density at radius 2 is 1.05 bits per heavy atom. The smallest absolute Gasteiger partial charge is 0.324 e. The van der Waals surface area contributed by atoms with Crippen LogP contribution in [0.5, 0.6) is 0 Å². The van der Waals surface area contributed by atoms with Crippen LogP contribution in [-0.4, -0.2) is 24.3 Å². The topological polar surface area (TPSA) is 27.7 Å². The predicted octanol–water partition coefficient (Wildman–Crippen LogP) is 10.1. The molecule has 0 fully saturated rings. The highest BCUT2D eigenvalue weighted by Gasteiger charge is 2.44. The van der Waals surface area contributed by atoms with Crippen LogP contribution < -0.4 is 0 Å². The molecule has 1 aromatic carbocycles. The van der Waals surface area contributed by atoms with Crippen LogP contribution in [0.1, 0.15) is 130 Å². The van der Waals surface area contributed by atoms with Gasteiger partial charge in [-0.15, -0.1) is 0 Å². The number of halogens is 3. The Hall–Kier alpha value is -1.11. The van der Waals surface area contributed by atoms with Crippen molar-refractivity contribution in [3.05, 3.63) is 35.4 Å². The zero-order valence-corrected chi connectivity index (χ0v) is 24.5. The van der Waals surface area contributed by atoms with Crippen molar-refractivity contribution in [1.29, 1.82) is 0 Å². The molecule has 6 heteroatoms. The van der Waals surface area contributed by atoms with Crippen LogP contribution in [0.2, 0.25) is 0 Å². The molecule has 216 valence electrons. The average Bonchev–Trinajstić information content (AvgIpc) is 2.78. The summed E-state index contributed by atoms with van der Waals surface area (Å²) in [5.74, 6) is -0.968. The van der Waals surface area contributed by atoms with E-state index >= 15 is 0 Å². The summed E-state index contributed by atoms with van der Waals surface area (Å²) in [5.41, 5.74) is 0.353. The van der Waals surface area contributed by atoms with Crippen molar-refractivity contribution in [2.24, 2.45) is 5.92 Å². The van der Waals surface area contributed by atoms with E-state index in [-0.39, 0.29) is 24.2 Å². The van der Waals surface area contributed by atoms with E-state index in [2.05, 4.69) is 6.92 Å². The number of hydrogen-bond donors (Lipinski definition) is 0. The van der Waals surface area contributed by atoms with Gasteiger partial charge in [0.2, 0.25) is 0 Å². The van der Waals surface area contributed by atoms with Crippen molar-refractivity contribution in [2.75, 3.05) is 0 Å². The zero-order chi connectivity index (χ0) is 27.9. The highest BCUT2D eigenvalue weighted by Crippen LogP contribution is 2.37. The van der Waals surface area contributed by atoms with E-state index in [9.17, 15) is 13.2 Å². The molecule has 1 atom stereocenters. The summed E-state index contributed by atoms with van der Waals surface area (Å²) >= 11 is 0. The standard InChI is InChI=1S/C31H53F3O3/c1-8-9-10-11-12-15-18-29(31(35-24(2)3,36-25(4)5)37-26(6)7)19-16-13-14-17-27-20-22-28(23-21-27)30(32,33)34/h20-26,29H,8-19H2,1-7H3. The maximum absolute atomic E-state index is 12.8. The molecule has 0 saturated carbocycles. The third kappa shape index (κ3) is 14.0. The molecule has 0 spiro atoms. The Balaban J connectivity index is 2.83. The average molecular weight is 531 g/mol. The molecule has 0 N–H and O–H groups in total. The van der Waals surface area contributed by atoms with Crippen molar-refractivity contribution in [3.63, 3.8) is 0 Å². The van der Waals surface area contributed by atoms with Crippen LogP contribution in [0, 0.1) is 5.92 Å². The lowest BCUT2D eigenvalue weighted by molar-refractivity contribution is -0.433. The number of aryl methyl sites for hydroxylation is 1. The third-order valence-corrected chi connectivity index (χ3v) is 6.41. The molecule has 0 aromatic heterocycles. The van der Waals surface area contributed by atoms with E-state index in [4.69, 9.17) is 14.2 Å². The lowest BCUT2D eigenvalue weighted by Crippen LogP contribution is -2.50. The first kappa shape index (κ1) is 33.9. The molecular formula is C31H53F3O3. The fourth-order valence-electron chi connectivity index (χ4n) is 4.78. The van der Waals surface area contributed by atoms with E-state index < -0.39 is 17.7 Å². The second-order valence-electron chi connectivity index (χ2n) is 11.2. The van der Waals surface area contributed by atoms with Crippen molar-refractivity contribution in [3.8, 4) is 0 Å². The molecule has 1 aromatic rings. The molecule has 0 amide bonds. The quantitative estimate of drug-likeness (QED) is 0.124. The molecule has 0 heterocycles. The maximum atomic E-state index is 12.8. The highest BCUT2D eigenvalue weighted by atomic mass is 19.4. The normalized spacial score (nSPS) is 13.8. The number of unbranched alkanes of at least 4 members (excludes halogenated alkanes) is 7. The second kappa shape index (κ2) is 17.5. The Labute approximate surface area is 224 Å². The van der Waals surface area contributed by atoms with Crippen LogP contribution >= 0.6 is 0 Å². The van der Waals surface area contributed by atoms with Crippen molar-refractivity contribution in [2.45, 2.75) is 156 Å². The van der Waals surface area contributed by atoms with Crippen LogP contribution in [-0.2, 0) is 26.8 Å². The molecule has 0 saturated heterocycles. The zero-order valence-electron chi connectivity index (χ0n) is 24.5. The first-order valence-electron chi connectivity index (χ1n) is 14.6. The lowest BCUT2D eigenvalue weighted by Gasteiger charge is -2.43. The number of ether oxygens (including phenoxy) is 3. The molecule has 0 aliphatic carbocycles. The molecule has 37 heavy (non-hydrogen) atoms. The van der Waals surface area contributed by atoms with Crippen molar-refractivity contribution in [1.82, 2.24) is 0 Å². The van der Waals surface area contributed by atoms with Crippen molar-refractivity contribution < 1.29 is 27.4 Å². The summed E-state index contributed by atoms with van der Waals surface area (Å²) in [6.07, 6.45) is 8.58. The van der Waals surface area contributed by atoms with E-state index in [0.29, 0.717) is 0 Å². The molecule has 0 aliphatic rings. The van der Waals surface area contributed by atoms with Crippen LogP contribution in [0.3, 0.4) is 0 Å². The molecular weight excluding hydrogens is 477 g/mol. The number of hydrogen-bond acceptors (Lipinski definition) is 3. The number of benzene rings is 1.